The van der Waals surface area contributed by atoms with Crippen LogP contribution in [-0.2, 0) is 0 Å². The number of aromatic amines is 3. The molecule has 0 amide bonds. The minimum Gasteiger partial charge on any atom is -0.399 e. The van der Waals surface area contributed by atoms with Gasteiger partial charge in [0.15, 0.2) is 0 Å². The van der Waals surface area contributed by atoms with Crippen molar-refractivity contribution in [3.05, 3.63) is 110 Å². The van der Waals surface area contributed by atoms with E-state index in [-0.39, 0.29) is 16.3 Å². The summed E-state index contributed by atoms with van der Waals surface area (Å²) in [5.74, 6) is 0. The Bertz CT molecular complexity index is 1740. The number of nitrogens with zero attached hydrogens (tertiary/aromatic N) is 2. The van der Waals surface area contributed by atoms with Crippen LogP contribution in [0.15, 0.2) is 73.2 Å². The maximum absolute atomic E-state index is 10.7. The molecule has 0 fully saturated rings. The van der Waals surface area contributed by atoms with E-state index >= 15 is 0 Å². The van der Waals surface area contributed by atoms with E-state index in [4.69, 9.17) is 5.73 Å². The average Bonchev–Trinajstić information content (AvgIpc) is 3.56. The fraction of sp³-hybridized carbons (Fsp3) is 0.111. The number of rotatable bonds is 2. The van der Waals surface area contributed by atoms with E-state index in [2.05, 4.69) is 21.9 Å². The van der Waals surface area contributed by atoms with Gasteiger partial charge in [0.1, 0.15) is 0 Å². The summed E-state index contributed by atoms with van der Waals surface area (Å²) in [6.07, 6.45) is 5.61. The van der Waals surface area contributed by atoms with Crippen LogP contribution in [0, 0.1) is 41.0 Å². The van der Waals surface area contributed by atoms with Crippen molar-refractivity contribution >= 4 is 49.8 Å². The van der Waals surface area contributed by atoms with Gasteiger partial charge in [0.05, 0.1) is 26.3 Å². The minimum absolute atomic E-state index is 0.120. The molecule has 0 saturated carbocycles. The van der Waals surface area contributed by atoms with Gasteiger partial charge in [0.2, 0.25) is 0 Å². The summed E-state index contributed by atoms with van der Waals surface area (Å²) in [6, 6.07) is 15.8. The lowest BCUT2D eigenvalue weighted by atomic mass is 10.1. The lowest BCUT2D eigenvalue weighted by molar-refractivity contribution is -0.384. The fourth-order valence-electron chi connectivity index (χ4n) is 4.15. The molecule has 5 N–H and O–H groups in total. The molecule has 10 heteroatoms. The van der Waals surface area contributed by atoms with E-state index in [0.29, 0.717) is 5.39 Å². The van der Waals surface area contributed by atoms with E-state index in [0.717, 1.165) is 38.8 Å². The summed E-state index contributed by atoms with van der Waals surface area (Å²) >= 11 is 0. The van der Waals surface area contributed by atoms with Crippen LogP contribution in [0.1, 0.15) is 16.7 Å². The van der Waals surface area contributed by atoms with Gasteiger partial charge in [0.25, 0.3) is 11.4 Å². The smallest absolute Gasteiger partial charge is 0.279 e. The highest BCUT2D eigenvalue weighted by Crippen LogP contribution is 2.27. The van der Waals surface area contributed by atoms with Crippen molar-refractivity contribution in [2.45, 2.75) is 20.8 Å². The zero-order valence-electron chi connectivity index (χ0n) is 20.5. The van der Waals surface area contributed by atoms with Crippen molar-refractivity contribution < 1.29 is 9.85 Å². The first-order valence-corrected chi connectivity index (χ1v) is 11.4. The second kappa shape index (κ2) is 10.2. The topological polar surface area (TPSA) is 160 Å². The van der Waals surface area contributed by atoms with Gasteiger partial charge >= 0.3 is 0 Å². The lowest BCUT2D eigenvalue weighted by Gasteiger charge is -1.94. The first kappa shape index (κ1) is 25.0. The molecule has 0 saturated heterocycles. The van der Waals surface area contributed by atoms with Gasteiger partial charge in [0, 0.05) is 58.8 Å². The number of nitro benzene ring substituents is 2. The van der Waals surface area contributed by atoms with Crippen molar-refractivity contribution in [3.8, 4) is 0 Å². The molecule has 3 aromatic carbocycles. The maximum Gasteiger partial charge on any atom is 0.279 e. The SMILES string of the molecule is Cc1c[nH]c2cc(N)ccc12.Cc1c[nH]c2cc([N+](=O)[O-])ccc12.Cc1c[nH]c2cccc([N+](=O)[O-])c12. The van der Waals surface area contributed by atoms with Gasteiger partial charge in [-0.2, -0.15) is 0 Å². The molecule has 0 aliphatic rings. The van der Waals surface area contributed by atoms with Crippen LogP contribution in [0.3, 0.4) is 0 Å². The van der Waals surface area contributed by atoms with Crippen LogP contribution >= 0.6 is 0 Å². The molecule has 0 spiro atoms. The van der Waals surface area contributed by atoms with Gasteiger partial charge in [-0.1, -0.05) is 12.1 Å². The van der Waals surface area contributed by atoms with Gasteiger partial charge in [-0.05, 0) is 61.7 Å². The Morgan fingerprint density at radius 2 is 1.24 bits per heavy atom. The Hall–Kier alpha value is -5.12. The van der Waals surface area contributed by atoms with Crippen LogP contribution in [-0.4, -0.2) is 24.8 Å². The standard InChI is InChI=1S/2C9H8N2O2.C9H10N2/c1-6-5-10-9-4-7(11(12)13)2-3-8(6)9;1-6-5-10-7-3-2-4-8(9(6)7)11(12)13;1-6-5-11-9-4-7(10)2-3-8(6)9/h2*2-5,10H,1H3;2-5,11H,10H2,1H3. The predicted molar refractivity (Wildman–Crippen MR) is 147 cm³/mol. The number of hydrogen-bond acceptors (Lipinski definition) is 5. The number of nitrogens with one attached hydrogen (secondary N) is 3. The third kappa shape index (κ3) is 5.27. The molecule has 188 valence electrons. The first-order chi connectivity index (χ1) is 17.7. The Balaban J connectivity index is 0.000000130. The Labute approximate surface area is 211 Å². The molecule has 0 radical (unpaired) electrons. The Morgan fingerprint density at radius 1 is 0.676 bits per heavy atom. The molecule has 10 nitrogen and oxygen atoms in total. The zero-order chi connectivity index (χ0) is 26.7. The van der Waals surface area contributed by atoms with Crippen molar-refractivity contribution in [3.63, 3.8) is 0 Å². The molecular weight excluding hydrogens is 472 g/mol. The van der Waals surface area contributed by atoms with E-state index in [1.165, 1.54) is 23.1 Å². The fourth-order valence-corrected chi connectivity index (χ4v) is 4.15. The van der Waals surface area contributed by atoms with Gasteiger partial charge < -0.3 is 20.7 Å². The molecular formula is C27H26N6O4. The van der Waals surface area contributed by atoms with Gasteiger partial charge in [-0.25, -0.2) is 0 Å². The summed E-state index contributed by atoms with van der Waals surface area (Å²) < 4.78 is 0. The summed E-state index contributed by atoms with van der Waals surface area (Å²) in [6.45, 7) is 5.89. The third-order valence-corrected chi connectivity index (χ3v) is 6.07. The van der Waals surface area contributed by atoms with E-state index < -0.39 is 4.92 Å². The zero-order valence-corrected chi connectivity index (χ0v) is 20.5. The molecule has 0 aliphatic heterocycles. The van der Waals surface area contributed by atoms with E-state index in [9.17, 15) is 20.2 Å². The molecule has 0 atom stereocenters. The molecule has 37 heavy (non-hydrogen) atoms. The van der Waals surface area contributed by atoms with Gasteiger partial charge in [-0.3, -0.25) is 20.2 Å². The first-order valence-electron chi connectivity index (χ1n) is 11.4. The highest BCUT2D eigenvalue weighted by Gasteiger charge is 2.13. The second-order valence-corrected chi connectivity index (χ2v) is 8.66. The van der Waals surface area contributed by atoms with Crippen LogP contribution in [0.5, 0.6) is 0 Å². The number of H-pyrrole nitrogens is 3. The predicted octanol–water partition coefficient (Wildman–Crippen LogP) is 6.83. The highest BCUT2D eigenvalue weighted by molar-refractivity contribution is 5.91. The van der Waals surface area contributed by atoms with Crippen LogP contribution in [0.25, 0.3) is 32.7 Å². The summed E-state index contributed by atoms with van der Waals surface area (Å²) in [5.41, 5.74) is 12.7. The monoisotopic (exact) mass is 498 g/mol. The number of anilines is 1. The summed E-state index contributed by atoms with van der Waals surface area (Å²) in [4.78, 5) is 29.5. The Kier molecular flexibility index (Phi) is 6.92. The Morgan fingerprint density at radius 3 is 1.86 bits per heavy atom. The van der Waals surface area contributed by atoms with Crippen molar-refractivity contribution in [2.24, 2.45) is 0 Å². The van der Waals surface area contributed by atoms with Crippen molar-refractivity contribution in [1.82, 2.24) is 15.0 Å². The number of nitrogen functional groups attached to an aromatic ring is 1. The van der Waals surface area contributed by atoms with Crippen molar-refractivity contribution in [2.75, 3.05) is 5.73 Å². The number of aromatic nitrogens is 3. The molecule has 0 aliphatic carbocycles. The number of hydrogen-bond donors (Lipinski definition) is 4. The van der Waals surface area contributed by atoms with Crippen molar-refractivity contribution in [1.29, 1.82) is 0 Å². The largest absolute Gasteiger partial charge is 0.399 e. The summed E-state index contributed by atoms with van der Waals surface area (Å²) in [7, 11) is 0. The molecule has 6 aromatic rings. The van der Waals surface area contributed by atoms with E-state index in [1.807, 2.05) is 50.5 Å². The third-order valence-electron chi connectivity index (χ3n) is 6.07. The number of fused-ring (bicyclic) bond motifs is 3. The molecule has 3 heterocycles. The summed E-state index contributed by atoms with van der Waals surface area (Å²) in [5, 5.41) is 24.1. The van der Waals surface area contributed by atoms with E-state index in [1.54, 1.807) is 24.4 Å². The minimum atomic E-state index is -0.393. The molecule has 0 unspecified atom stereocenters. The number of nitrogens with two attached hydrogens (primary N) is 1. The number of non-ortho nitro benzene ring substituents is 2. The quantitative estimate of drug-likeness (QED) is 0.117. The average molecular weight is 499 g/mol. The molecule has 3 aromatic heterocycles. The second-order valence-electron chi connectivity index (χ2n) is 8.66. The number of benzene rings is 3. The molecule has 6 rings (SSSR count). The highest BCUT2D eigenvalue weighted by atomic mass is 16.6. The van der Waals surface area contributed by atoms with Crippen LogP contribution in [0.2, 0.25) is 0 Å². The number of nitro groups is 2. The number of aryl methyl sites for hydroxylation is 3. The lowest BCUT2D eigenvalue weighted by Crippen LogP contribution is -1.88. The van der Waals surface area contributed by atoms with Crippen LogP contribution in [0.4, 0.5) is 17.1 Å². The molecule has 0 bridgehead atoms. The van der Waals surface area contributed by atoms with Gasteiger partial charge in [-0.15, -0.1) is 0 Å². The maximum atomic E-state index is 10.7. The normalized spacial score (nSPS) is 10.6. The van der Waals surface area contributed by atoms with Crippen LogP contribution < -0.4 is 5.73 Å².